The van der Waals surface area contributed by atoms with Crippen LogP contribution >= 0.6 is 0 Å². The number of H-pyrrole nitrogens is 1. The van der Waals surface area contributed by atoms with Crippen molar-refractivity contribution in [2.75, 3.05) is 29.4 Å². The average Bonchev–Trinajstić information content (AvgIpc) is 3.14. The van der Waals surface area contributed by atoms with Gasteiger partial charge in [0.2, 0.25) is 11.8 Å². The van der Waals surface area contributed by atoms with Crippen molar-refractivity contribution in [2.24, 2.45) is 5.73 Å². The molecule has 12 heteroatoms. The number of nitrogens with two attached hydrogens (primary N) is 1. The number of carbonyl (C=O) groups excluding carboxylic acids is 2. The number of imidazole rings is 1. The maximum Gasteiger partial charge on any atom is 0.327 e. The summed E-state index contributed by atoms with van der Waals surface area (Å²) in [5.74, 6) is -1.39. The highest BCUT2D eigenvalue weighted by Crippen LogP contribution is 2.29. The molecular formula is C23H25N7O5. The van der Waals surface area contributed by atoms with E-state index in [-0.39, 0.29) is 28.8 Å². The van der Waals surface area contributed by atoms with Gasteiger partial charge in [0.05, 0.1) is 34.0 Å². The zero-order valence-electron chi connectivity index (χ0n) is 19.4. The van der Waals surface area contributed by atoms with Crippen LogP contribution in [0.15, 0.2) is 41.2 Å². The van der Waals surface area contributed by atoms with E-state index in [1.54, 1.807) is 12.1 Å². The quantitative estimate of drug-likeness (QED) is 0.329. The van der Waals surface area contributed by atoms with Gasteiger partial charge in [0, 0.05) is 30.5 Å². The molecule has 12 nitrogen and oxygen atoms in total. The van der Waals surface area contributed by atoms with Crippen molar-refractivity contribution in [1.29, 1.82) is 5.26 Å². The van der Waals surface area contributed by atoms with Gasteiger partial charge in [-0.3, -0.25) is 24.3 Å². The lowest BCUT2D eigenvalue weighted by atomic mass is 10.1. The van der Waals surface area contributed by atoms with Crippen molar-refractivity contribution in [1.82, 2.24) is 9.55 Å². The van der Waals surface area contributed by atoms with E-state index in [9.17, 15) is 24.5 Å². The number of primary amides is 1. The molecule has 2 amide bonds. The van der Waals surface area contributed by atoms with Crippen molar-refractivity contribution in [3.63, 3.8) is 0 Å². The Morgan fingerprint density at radius 1 is 1.14 bits per heavy atom. The maximum absolute atomic E-state index is 13.4. The Bertz CT molecular complexity index is 1360. The second-order valence-corrected chi connectivity index (χ2v) is 7.70. The summed E-state index contributed by atoms with van der Waals surface area (Å²) >= 11 is 0. The second-order valence-electron chi connectivity index (χ2n) is 7.70. The van der Waals surface area contributed by atoms with Crippen LogP contribution < -0.4 is 21.2 Å². The van der Waals surface area contributed by atoms with Crippen LogP contribution in [0, 0.1) is 21.4 Å². The molecule has 0 saturated carbocycles. The summed E-state index contributed by atoms with van der Waals surface area (Å²) in [6.07, 6.45) is -0.499. The minimum atomic E-state index is -0.762. The van der Waals surface area contributed by atoms with E-state index < -0.39 is 35.4 Å². The zero-order valence-corrected chi connectivity index (χ0v) is 19.4. The van der Waals surface area contributed by atoms with Gasteiger partial charge in [-0.25, -0.2) is 4.79 Å². The molecule has 0 unspecified atom stereocenters. The molecule has 3 aromatic rings. The number of nitrogens with one attached hydrogen (secondary N) is 1. The Labute approximate surface area is 200 Å². The largest absolute Gasteiger partial charge is 0.372 e. The van der Waals surface area contributed by atoms with E-state index >= 15 is 0 Å². The van der Waals surface area contributed by atoms with Crippen molar-refractivity contribution in [2.45, 2.75) is 26.8 Å². The molecule has 0 aliphatic rings. The van der Waals surface area contributed by atoms with Gasteiger partial charge in [0.15, 0.2) is 0 Å². The molecule has 182 valence electrons. The molecular weight excluding hydrogens is 454 g/mol. The van der Waals surface area contributed by atoms with Crippen LogP contribution in [-0.2, 0) is 22.6 Å². The SMILES string of the molecule is CCN(CC)c1ccc(N(CC(N)=O)C(=O)Cc2c([N+](=O)[O-])ccc3[nH]c(=O)n(CC#N)c23)cc1. The van der Waals surface area contributed by atoms with Crippen LogP contribution in [0.2, 0.25) is 0 Å². The molecule has 3 N–H and O–H groups in total. The smallest absolute Gasteiger partial charge is 0.327 e. The number of rotatable bonds is 10. The molecule has 0 spiro atoms. The van der Waals surface area contributed by atoms with Gasteiger partial charge in [0.25, 0.3) is 5.69 Å². The number of benzene rings is 2. The zero-order chi connectivity index (χ0) is 25.7. The fraction of sp³-hybridized carbons (Fsp3) is 0.304. The first-order valence-electron chi connectivity index (χ1n) is 10.9. The Kier molecular flexibility index (Phi) is 7.50. The number of fused-ring (bicyclic) bond motifs is 1. The number of nitrogens with zero attached hydrogens (tertiary/aromatic N) is 5. The van der Waals surface area contributed by atoms with E-state index in [2.05, 4.69) is 9.88 Å². The third kappa shape index (κ3) is 5.14. The van der Waals surface area contributed by atoms with E-state index in [1.807, 2.05) is 32.0 Å². The summed E-state index contributed by atoms with van der Waals surface area (Å²) in [4.78, 5) is 54.3. The predicted octanol–water partition coefficient (Wildman–Crippen LogP) is 1.67. The van der Waals surface area contributed by atoms with Crippen molar-refractivity contribution >= 4 is 39.9 Å². The van der Waals surface area contributed by atoms with Crippen LogP contribution in [0.4, 0.5) is 17.1 Å². The number of hydrogen-bond acceptors (Lipinski definition) is 7. The van der Waals surface area contributed by atoms with Gasteiger partial charge < -0.3 is 20.5 Å². The number of carbonyl (C=O) groups is 2. The minimum absolute atomic E-state index is 0.0414. The van der Waals surface area contributed by atoms with Gasteiger partial charge in [-0.15, -0.1) is 0 Å². The number of aromatic amines is 1. The molecule has 35 heavy (non-hydrogen) atoms. The van der Waals surface area contributed by atoms with Gasteiger partial charge in [-0.05, 0) is 44.2 Å². The average molecular weight is 479 g/mol. The number of aromatic nitrogens is 2. The maximum atomic E-state index is 13.4. The fourth-order valence-corrected chi connectivity index (χ4v) is 4.04. The first-order valence-corrected chi connectivity index (χ1v) is 10.9. The number of hydrogen-bond donors (Lipinski definition) is 2. The second kappa shape index (κ2) is 10.5. The van der Waals surface area contributed by atoms with Crippen molar-refractivity contribution in [3.05, 3.63) is 62.6 Å². The van der Waals surface area contributed by atoms with Crippen LogP contribution in [0.25, 0.3) is 11.0 Å². The number of nitriles is 1. The third-order valence-corrected chi connectivity index (χ3v) is 5.67. The molecule has 1 aromatic heterocycles. The molecule has 0 aliphatic carbocycles. The Morgan fingerprint density at radius 2 is 1.77 bits per heavy atom. The monoisotopic (exact) mass is 479 g/mol. The lowest BCUT2D eigenvalue weighted by Crippen LogP contribution is -2.39. The van der Waals surface area contributed by atoms with E-state index in [1.165, 1.54) is 12.1 Å². The highest BCUT2D eigenvalue weighted by atomic mass is 16.6. The number of nitro groups is 1. The molecule has 2 aromatic carbocycles. The molecule has 0 bridgehead atoms. The van der Waals surface area contributed by atoms with Crippen molar-refractivity contribution in [3.8, 4) is 6.07 Å². The predicted molar refractivity (Wildman–Crippen MR) is 130 cm³/mol. The lowest BCUT2D eigenvalue weighted by molar-refractivity contribution is -0.385. The summed E-state index contributed by atoms with van der Waals surface area (Å²) in [5, 5.41) is 20.9. The molecule has 0 radical (unpaired) electrons. The number of nitro benzene ring substituents is 1. The number of amides is 2. The summed E-state index contributed by atoms with van der Waals surface area (Å²) < 4.78 is 1.04. The summed E-state index contributed by atoms with van der Waals surface area (Å²) in [5.41, 5.74) is 6.00. The molecule has 0 aliphatic heterocycles. The molecule has 1 heterocycles. The Morgan fingerprint density at radius 3 is 2.31 bits per heavy atom. The molecule has 0 fully saturated rings. The molecule has 0 atom stereocenters. The minimum Gasteiger partial charge on any atom is -0.372 e. The van der Waals surface area contributed by atoms with E-state index in [0.717, 1.165) is 28.2 Å². The first kappa shape index (κ1) is 25.0. The normalized spacial score (nSPS) is 10.7. The summed E-state index contributed by atoms with van der Waals surface area (Å²) in [6.45, 7) is 4.80. The Hall–Kier alpha value is -4.66. The lowest BCUT2D eigenvalue weighted by Gasteiger charge is -2.24. The topological polar surface area (TPSA) is 171 Å². The molecule has 0 saturated heterocycles. The van der Waals surface area contributed by atoms with Gasteiger partial charge in [-0.1, -0.05) is 0 Å². The van der Waals surface area contributed by atoms with E-state index in [0.29, 0.717) is 5.69 Å². The van der Waals surface area contributed by atoms with Gasteiger partial charge >= 0.3 is 5.69 Å². The van der Waals surface area contributed by atoms with Crippen LogP contribution in [0.1, 0.15) is 19.4 Å². The van der Waals surface area contributed by atoms with E-state index in [4.69, 9.17) is 11.0 Å². The van der Waals surface area contributed by atoms with Crippen LogP contribution in [-0.4, -0.2) is 45.9 Å². The standard InChI is InChI=1S/C23H25N7O5/c1-3-27(4-2)15-5-7-16(8-6-15)29(14-20(25)31)21(32)13-17-19(30(34)35)10-9-18-22(17)28(12-11-24)23(33)26-18/h5-10H,3-4,12-14H2,1-2H3,(H2,25,31)(H,26,33). The highest BCUT2D eigenvalue weighted by molar-refractivity contribution is 6.01. The fourth-order valence-electron chi connectivity index (χ4n) is 4.04. The Balaban J connectivity index is 2.08. The molecule has 3 rings (SSSR count). The van der Waals surface area contributed by atoms with Crippen molar-refractivity contribution < 1.29 is 14.5 Å². The first-order chi connectivity index (χ1) is 16.7. The third-order valence-electron chi connectivity index (χ3n) is 5.67. The van der Waals surface area contributed by atoms with Gasteiger partial charge in [-0.2, -0.15) is 5.26 Å². The summed E-state index contributed by atoms with van der Waals surface area (Å²) in [6, 6.07) is 11.3. The highest BCUT2D eigenvalue weighted by Gasteiger charge is 2.27. The number of anilines is 2. The van der Waals surface area contributed by atoms with Crippen LogP contribution in [0.5, 0.6) is 0 Å². The summed E-state index contributed by atoms with van der Waals surface area (Å²) in [7, 11) is 0. The van der Waals surface area contributed by atoms with Crippen LogP contribution in [0.3, 0.4) is 0 Å². The van der Waals surface area contributed by atoms with Gasteiger partial charge in [0.1, 0.15) is 13.1 Å².